The Morgan fingerprint density at radius 3 is 0.897 bits per heavy atom. The maximum atomic E-state index is 12.9. The Bertz CT molecular complexity index is 1570. The lowest BCUT2D eigenvalue weighted by atomic mass is 10.0. The van der Waals surface area contributed by atoms with Crippen LogP contribution in [0.4, 0.5) is 0 Å². The summed E-state index contributed by atoms with van der Waals surface area (Å²) < 4.78 is 16.8. The lowest BCUT2D eigenvalue weighted by molar-refractivity contribution is -0.166. The molecule has 78 heavy (non-hydrogen) atoms. The highest BCUT2D eigenvalue weighted by molar-refractivity contribution is 5.72. The van der Waals surface area contributed by atoms with E-state index in [1.165, 1.54) is 167 Å². The van der Waals surface area contributed by atoms with Gasteiger partial charge in [-0.25, -0.2) is 0 Å². The number of hydrogen-bond donors (Lipinski definition) is 0. The largest absolute Gasteiger partial charge is 0.462 e. The van der Waals surface area contributed by atoms with Crippen molar-refractivity contribution >= 4 is 17.9 Å². The summed E-state index contributed by atoms with van der Waals surface area (Å²) in [5.74, 6) is -1.04. The zero-order valence-electron chi connectivity index (χ0n) is 51.2. The van der Waals surface area contributed by atoms with Crippen LogP contribution in [0.5, 0.6) is 0 Å². The Hall–Kier alpha value is -3.93. The van der Waals surface area contributed by atoms with Crippen molar-refractivity contribution in [1.82, 2.24) is 0 Å². The minimum Gasteiger partial charge on any atom is -0.462 e. The van der Waals surface area contributed by atoms with Crippen LogP contribution in [0.15, 0.2) is 109 Å². The second-order valence-corrected chi connectivity index (χ2v) is 21.6. The number of esters is 3. The number of ether oxygens (including phenoxy) is 3. The van der Waals surface area contributed by atoms with Crippen LogP contribution in [0.2, 0.25) is 0 Å². The molecule has 0 fully saturated rings. The van der Waals surface area contributed by atoms with Gasteiger partial charge in [0, 0.05) is 12.8 Å². The molecule has 0 aliphatic rings. The number of unbranched alkanes of at least 4 members (excludes halogenated alkanes) is 31. The second-order valence-electron chi connectivity index (χ2n) is 21.6. The maximum absolute atomic E-state index is 12.9. The van der Waals surface area contributed by atoms with Crippen LogP contribution >= 0.6 is 0 Å². The Labute approximate surface area is 482 Å². The molecule has 0 bridgehead atoms. The molecule has 0 N–H and O–H groups in total. The van der Waals surface area contributed by atoms with E-state index in [4.69, 9.17) is 14.2 Å². The monoisotopic (exact) mass is 1080 g/mol. The van der Waals surface area contributed by atoms with Crippen molar-refractivity contribution in [1.29, 1.82) is 0 Å². The molecule has 0 radical (unpaired) electrons. The fourth-order valence-corrected chi connectivity index (χ4v) is 9.22. The van der Waals surface area contributed by atoms with E-state index in [1.54, 1.807) is 6.08 Å². The number of allylic oxidation sites excluding steroid dienone is 17. The van der Waals surface area contributed by atoms with Crippen molar-refractivity contribution in [3.8, 4) is 0 Å². The lowest BCUT2D eigenvalue weighted by Crippen LogP contribution is -2.30. The van der Waals surface area contributed by atoms with Crippen LogP contribution in [-0.2, 0) is 28.6 Å². The van der Waals surface area contributed by atoms with Gasteiger partial charge in [0.1, 0.15) is 13.2 Å². The molecule has 0 aromatic carbocycles. The molecule has 0 aliphatic heterocycles. The van der Waals surface area contributed by atoms with E-state index in [0.717, 1.165) is 103 Å². The molecule has 6 heteroatoms. The molecule has 446 valence electrons. The van der Waals surface area contributed by atoms with E-state index < -0.39 is 12.1 Å². The summed E-state index contributed by atoms with van der Waals surface area (Å²) >= 11 is 0. The summed E-state index contributed by atoms with van der Waals surface area (Å²) in [6, 6.07) is 0. The van der Waals surface area contributed by atoms with Gasteiger partial charge in [-0.15, -0.1) is 0 Å². The van der Waals surface area contributed by atoms with Crippen molar-refractivity contribution in [2.45, 2.75) is 316 Å². The van der Waals surface area contributed by atoms with Crippen LogP contribution in [0.3, 0.4) is 0 Å². The van der Waals surface area contributed by atoms with Gasteiger partial charge in [-0.05, 0) is 83.5 Å². The fourth-order valence-electron chi connectivity index (χ4n) is 9.22. The van der Waals surface area contributed by atoms with Crippen molar-refractivity contribution in [2.75, 3.05) is 13.2 Å². The first kappa shape index (κ1) is 74.1. The molecule has 0 saturated carbocycles. The van der Waals surface area contributed by atoms with E-state index in [2.05, 4.69) is 118 Å². The van der Waals surface area contributed by atoms with Gasteiger partial charge in [0.05, 0.1) is 6.42 Å². The Balaban J connectivity index is 4.40. The lowest BCUT2D eigenvalue weighted by Gasteiger charge is -2.18. The smallest absolute Gasteiger partial charge is 0.309 e. The normalized spacial score (nSPS) is 12.8. The van der Waals surface area contributed by atoms with Crippen molar-refractivity contribution < 1.29 is 28.6 Å². The molecule has 0 spiro atoms. The highest BCUT2D eigenvalue weighted by Crippen LogP contribution is 2.17. The number of rotatable bonds is 59. The Kier molecular flexibility index (Phi) is 62.3. The molecule has 1 atom stereocenters. The summed E-state index contributed by atoms with van der Waals surface area (Å²) in [6.45, 7) is 6.35. The Morgan fingerprint density at radius 2 is 0.551 bits per heavy atom. The van der Waals surface area contributed by atoms with Gasteiger partial charge in [-0.2, -0.15) is 0 Å². The third-order valence-corrected chi connectivity index (χ3v) is 14.1. The molecule has 0 aromatic heterocycles. The van der Waals surface area contributed by atoms with Crippen LogP contribution < -0.4 is 0 Å². The topological polar surface area (TPSA) is 78.9 Å². The molecule has 0 heterocycles. The van der Waals surface area contributed by atoms with Gasteiger partial charge < -0.3 is 14.2 Å². The fraction of sp³-hybridized carbons (Fsp3) is 0.708. The van der Waals surface area contributed by atoms with Gasteiger partial charge in [0.2, 0.25) is 0 Å². The molecule has 0 aromatic rings. The number of carbonyl (C=O) groups excluding carboxylic acids is 3. The summed E-state index contributed by atoms with van der Waals surface area (Å²) in [7, 11) is 0. The maximum Gasteiger partial charge on any atom is 0.309 e. The third-order valence-electron chi connectivity index (χ3n) is 14.1. The van der Waals surface area contributed by atoms with Gasteiger partial charge in [-0.1, -0.05) is 316 Å². The third kappa shape index (κ3) is 62.9. The average molecular weight is 1080 g/mol. The summed E-state index contributed by atoms with van der Waals surface area (Å²) in [4.78, 5) is 38.3. The highest BCUT2D eigenvalue weighted by Gasteiger charge is 2.19. The van der Waals surface area contributed by atoms with Gasteiger partial charge in [0.25, 0.3) is 0 Å². The van der Waals surface area contributed by atoms with Crippen LogP contribution in [0, 0.1) is 0 Å². The predicted molar refractivity (Wildman–Crippen MR) is 339 cm³/mol. The molecule has 0 amide bonds. The molecule has 6 nitrogen and oxygen atoms in total. The molecule has 0 saturated heterocycles. The van der Waals surface area contributed by atoms with Crippen molar-refractivity contribution in [3.63, 3.8) is 0 Å². The van der Waals surface area contributed by atoms with Crippen LogP contribution in [0.1, 0.15) is 310 Å². The number of carbonyl (C=O) groups is 3. The minimum absolute atomic E-state index is 0.110. The van der Waals surface area contributed by atoms with Crippen molar-refractivity contribution in [2.24, 2.45) is 0 Å². The predicted octanol–water partition coefficient (Wildman–Crippen LogP) is 22.6. The number of hydrogen-bond acceptors (Lipinski definition) is 6. The summed E-state index contributed by atoms with van der Waals surface area (Å²) in [5.41, 5.74) is 0. The van der Waals surface area contributed by atoms with E-state index in [0.29, 0.717) is 12.8 Å². The zero-order chi connectivity index (χ0) is 56.4. The quantitative estimate of drug-likeness (QED) is 0.0261. The van der Waals surface area contributed by atoms with Gasteiger partial charge >= 0.3 is 17.9 Å². The van der Waals surface area contributed by atoms with E-state index in [1.807, 2.05) is 6.08 Å². The first-order valence-corrected chi connectivity index (χ1v) is 32.9. The standard InChI is InChI=1S/C72H122O6/c1-4-7-10-13-16-19-22-25-28-30-32-34-35-36-38-39-41-44-47-50-53-56-59-62-65-71(74)77-68-69(67-76-70(73)64-61-58-55-52-49-46-43-27-24-21-18-15-12-9-6-3)78-72(75)66-63-60-57-54-51-48-45-42-40-37-33-31-29-26-23-20-17-14-11-8-5-2/h8-9,11-12,17-18,20-21,26-27,29,33,37,43,49,52,58,61,69H,4-7,10,13-16,19,22-25,28,30-32,34-36,38-42,44-48,50-51,53-57,59-60,62-68H2,1-3H3/b11-8-,12-9-,20-17-,21-18-,29-26-,37-33-,43-27-,52-49-,61-58-. The molecule has 1 unspecified atom stereocenters. The highest BCUT2D eigenvalue weighted by atomic mass is 16.6. The van der Waals surface area contributed by atoms with E-state index >= 15 is 0 Å². The molecule has 0 rings (SSSR count). The van der Waals surface area contributed by atoms with E-state index in [9.17, 15) is 14.4 Å². The molecule has 0 aliphatic carbocycles. The molecular weight excluding hydrogens is 961 g/mol. The molecular formula is C72H122O6. The van der Waals surface area contributed by atoms with Gasteiger partial charge in [-0.3, -0.25) is 14.4 Å². The minimum atomic E-state index is -0.824. The van der Waals surface area contributed by atoms with Crippen LogP contribution in [-0.4, -0.2) is 37.2 Å². The summed E-state index contributed by atoms with van der Waals surface area (Å²) in [5, 5.41) is 0. The zero-order valence-corrected chi connectivity index (χ0v) is 51.2. The van der Waals surface area contributed by atoms with Crippen molar-refractivity contribution in [3.05, 3.63) is 109 Å². The van der Waals surface area contributed by atoms with Crippen LogP contribution in [0.25, 0.3) is 0 Å². The van der Waals surface area contributed by atoms with E-state index in [-0.39, 0.29) is 31.6 Å². The first-order chi connectivity index (χ1) is 38.5. The Morgan fingerprint density at radius 1 is 0.282 bits per heavy atom. The summed E-state index contributed by atoms with van der Waals surface area (Å²) in [6.07, 6.45) is 89.9. The average Bonchev–Trinajstić information content (AvgIpc) is 3.44. The SMILES string of the molecule is CC/C=C\C/C=C\C/C=C\C/C=C\C/C=C\CC(=O)OCC(COC(=O)CCCCCCCCCCCCCCCCCCCCCCCCCC)OC(=O)CCCCCCCCCC/C=C\C/C=C\C/C=C\C/C=C\CC. The van der Waals surface area contributed by atoms with Gasteiger partial charge in [0.15, 0.2) is 6.10 Å². The second kappa shape index (κ2) is 65.6. The first-order valence-electron chi connectivity index (χ1n) is 32.9.